The van der Waals surface area contributed by atoms with Crippen LogP contribution < -0.4 is 5.32 Å². The summed E-state index contributed by atoms with van der Waals surface area (Å²) in [6, 6.07) is 0. The molecule has 1 N–H and O–H groups in total. The van der Waals surface area contributed by atoms with Gasteiger partial charge in [0.05, 0.1) is 16.4 Å². The highest BCUT2D eigenvalue weighted by atomic mass is 79.9. The van der Waals surface area contributed by atoms with Crippen LogP contribution in [0.2, 0.25) is 0 Å². The molecular weight excluding hydrogens is 290 g/mol. The second kappa shape index (κ2) is 6.20. The quantitative estimate of drug-likeness (QED) is 0.872. The molecule has 1 aromatic heterocycles. The first kappa shape index (κ1) is 14.1. The van der Waals surface area contributed by atoms with Gasteiger partial charge in [-0.2, -0.15) is 5.10 Å². The number of hydrogen-bond donors (Lipinski definition) is 1. The summed E-state index contributed by atoms with van der Waals surface area (Å²) in [6.07, 6.45) is 4.59. The van der Waals surface area contributed by atoms with Crippen molar-refractivity contribution >= 4 is 15.9 Å². The highest BCUT2D eigenvalue weighted by molar-refractivity contribution is 9.10. The third-order valence-corrected chi connectivity index (χ3v) is 4.47. The first-order chi connectivity index (χ1) is 8.63. The van der Waals surface area contributed by atoms with E-state index in [9.17, 15) is 0 Å². The van der Waals surface area contributed by atoms with Gasteiger partial charge in [0.1, 0.15) is 0 Å². The molecule has 1 aliphatic carbocycles. The van der Waals surface area contributed by atoms with Crippen LogP contribution in [-0.2, 0) is 6.54 Å². The number of rotatable bonds is 6. The highest BCUT2D eigenvalue weighted by Crippen LogP contribution is 2.44. The van der Waals surface area contributed by atoms with Gasteiger partial charge in [-0.15, -0.1) is 0 Å². The minimum absolute atomic E-state index is 0.682. The molecule has 1 fully saturated rings. The number of nitrogens with one attached hydrogen (secondary N) is 1. The van der Waals surface area contributed by atoms with Crippen molar-refractivity contribution in [3.8, 4) is 0 Å². The second-order valence-electron chi connectivity index (χ2n) is 5.69. The molecule has 0 radical (unpaired) electrons. The highest BCUT2D eigenvalue weighted by Gasteiger charge is 2.35. The van der Waals surface area contributed by atoms with Crippen molar-refractivity contribution in [2.45, 2.75) is 46.1 Å². The summed E-state index contributed by atoms with van der Waals surface area (Å²) in [4.78, 5) is 0. The van der Waals surface area contributed by atoms with Gasteiger partial charge in [0.25, 0.3) is 0 Å². The molecule has 2 atom stereocenters. The predicted octanol–water partition coefficient (Wildman–Crippen LogP) is 3.40. The van der Waals surface area contributed by atoms with Crippen molar-refractivity contribution in [1.82, 2.24) is 15.1 Å². The van der Waals surface area contributed by atoms with E-state index in [-0.39, 0.29) is 0 Å². The van der Waals surface area contributed by atoms with E-state index in [1.165, 1.54) is 23.0 Å². The Kier molecular flexibility index (Phi) is 4.84. The molecule has 0 amide bonds. The first-order valence-electron chi connectivity index (χ1n) is 7.05. The molecule has 0 saturated heterocycles. The molecule has 18 heavy (non-hydrogen) atoms. The van der Waals surface area contributed by atoms with Crippen molar-refractivity contribution in [3.63, 3.8) is 0 Å². The van der Waals surface area contributed by atoms with Crippen molar-refractivity contribution in [2.24, 2.45) is 11.8 Å². The number of nitrogens with zero attached hydrogens (tertiary/aromatic N) is 2. The van der Waals surface area contributed by atoms with E-state index in [0.29, 0.717) is 5.92 Å². The van der Waals surface area contributed by atoms with Crippen molar-refractivity contribution in [3.05, 3.63) is 16.4 Å². The Hall–Kier alpha value is -0.350. The summed E-state index contributed by atoms with van der Waals surface area (Å²) in [7, 11) is 0. The summed E-state index contributed by atoms with van der Waals surface area (Å²) in [5.41, 5.74) is 1.40. The molecule has 102 valence electrons. The van der Waals surface area contributed by atoms with E-state index in [1.54, 1.807) is 0 Å². The molecule has 1 aliphatic rings. The zero-order valence-corrected chi connectivity index (χ0v) is 13.2. The minimum atomic E-state index is 0.682. The Morgan fingerprint density at radius 3 is 2.83 bits per heavy atom. The van der Waals surface area contributed by atoms with Gasteiger partial charge in [-0.1, -0.05) is 13.8 Å². The van der Waals surface area contributed by atoms with E-state index < -0.39 is 0 Å². The fourth-order valence-electron chi connectivity index (χ4n) is 2.72. The van der Waals surface area contributed by atoms with E-state index in [1.807, 2.05) is 6.20 Å². The van der Waals surface area contributed by atoms with Crippen LogP contribution in [-0.4, -0.2) is 22.9 Å². The van der Waals surface area contributed by atoms with Gasteiger partial charge in [-0.25, -0.2) is 0 Å². The van der Waals surface area contributed by atoms with E-state index in [2.05, 4.69) is 51.8 Å². The molecule has 0 aromatic carbocycles. The Bertz CT molecular complexity index is 386. The summed E-state index contributed by atoms with van der Waals surface area (Å²) < 4.78 is 3.33. The van der Waals surface area contributed by atoms with Crippen LogP contribution in [0.5, 0.6) is 0 Å². The van der Waals surface area contributed by atoms with Crippen LogP contribution in [0.1, 0.15) is 45.2 Å². The standard InChI is InChI=1S/C14H24BrN3/c1-4-18-14(13(15)9-17-18)12-6-5-11(12)8-16-7-10(2)3/h9-12,16H,4-8H2,1-3H3. The molecule has 2 unspecified atom stereocenters. The van der Waals surface area contributed by atoms with Gasteiger partial charge in [0, 0.05) is 12.5 Å². The maximum atomic E-state index is 4.43. The summed E-state index contributed by atoms with van der Waals surface area (Å²) >= 11 is 3.65. The van der Waals surface area contributed by atoms with Gasteiger partial charge in [-0.3, -0.25) is 4.68 Å². The summed E-state index contributed by atoms with van der Waals surface area (Å²) in [6.45, 7) is 9.90. The lowest BCUT2D eigenvalue weighted by Gasteiger charge is -2.37. The van der Waals surface area contributed by atoms with Crippen molar-refractivity contribution in [2.75, 3.05) is 13.1 Å². The van der Waals surface area contributed by atoms with Crippen LogP contribution in [0.3, 0.4) is 0 Å². The van der Waals surface area contributed by atoms with Gasteiger partial charge in [0.15, 0.2) is 0 Å². The Balaban J connectivity index is 1.95. The van der Waals surface area contributed by atoms with Crippen LogP contribution in [0, 0.1) is 11.8 Å². The molecule has 1 saturated carbocycles. The maximum absolute atomic E-state index is 4.43. The average Bonchev–Trinajstić information content (AvgIpc) is 2.65. The largest absolute Gasteiger partial charge is 0.316 e. The van der Waals surface area contributed by atoms with Crippen LogP contribution in [0.15, 0.2) is 10.7 Å². The van der Waals surface area contributed by atoms with Gasteiger partial charge < -0.3 is 5.32 Å². The molecule has 0 aliphatic heterocycles. The Morgan fingerprint density at radius 2 is 2.28 bits per heavy atom. The van der Waals surface area contributed by atoms with Gasteiger partial charge in [0.2, 0.25) is 0 Å². The molecule has 1 aromatic rings. The number of hydrogen-bond acceptors (Lipinski definition) is 2. The zero-order chi connectivity index (χ0) is 13.1. The van der Waals surface area contributed by atoms with Crippen LogP contribution in [0.4, 0.5) is 0 Å². The minimum Gasteiger partial charge on any atom is -0.316 e. The molecule has 1 heterocycles. The lowest BCUT2D eigenvalue weighted by Crippen LogP contribution is -2.36. The first-order valence-corrected chi connectivity index (χ1v) is 7.84. The lowest BCUT2D eigenvalue weighted by molar-refractivity contribution is 0.231. The Labute approximate surface area is 118 Å². The molecule has 3 nitrogen and oxygen atoms in total. The lowest BCUT2D eigenvalue weighted by atomic mass is 9.71. The van der Waals surface area contributed by atoms with Crippen LogP contribution in [0.25, 0.3) is 0 Å². The van der Waals surface area contributed by atoms with Crippen molar-refractivity contribution < 1.29 is 0 Å². The van der Waals surface area contributed by atoms with Crippen molar-refractivity contribution in [1.29, 1.82) is 0 Å². The monoisotopic (exact) mass is 313 g/mol. The topological polar surface area (TPSA) is 29.9 Å². The normalized spacial score (nSPS) is 23.4. The molecule has 4 heteroatoms. The number of aromatic nitrogens is 2. The Morgan fingerprint density at radius 1 is 1.50 bits per heavy atom. The average molecular weight is 314 g/mol. The molecule has 0 spiro atoms. The maximum Gasteiger partial charge on any atom is 0.0635 e. The summed E-state index contributed by atoms with van der Waals surface area (Å²) in [5.74, 6) is 2.19. The third-order valence-electron chi connectivity index (χ3n) is 3.86. The van der Waals surface area contributed by atoms with Crippen LogP contribution >= 0.6 is 15.9 Å². The smallest absolute Gasteiger partial charge is 0.0635 e. The van der Waals surface area contributed by atoms with E-state index >= 15 is 0 Å². The fourth-order valence-corrected chi connectivity index (χ4v) is 3.31. The van der Waals surface area contributed by atoms with E-state index in [0.717, 1.165) is 31.5 Å². The second-order valence-corrected chi connectivity index (χ2v) is 6.54. The number of aryl methyl sites for hydroxylation is 1. The van der Waals surface area contributed by atoms with Gasteiger partial charge in [-0.05, 0) is 60.6 Å². The third kappa shape index (κ3) is 2.97. The number of halogens is 1. The molecule has 2 rings (SSSR count). The molecule has 0 bridgehead atoms. The van der Waals surface area contributed by atoms with Gasteiger partial charge >= 0.3 is 0 Å². The SMILES string of the molecule is CCn1ncc(Br)c1C1CCC1CNCC(C)C. The molecular formula is C14H24BrN3. The fraction of sp³-hybridized carbons (Fsp3) is 0.786. The van der Waals surface area contributed by atoms with E-state index in [4.69, 9.17) is 0 Å². The predicted molar refractivity (Wildman–Crippen MR) is 78.8 cm³/mol. The zero-order valence-electron chi connectivity index (χ0n) is 11.6. The summed E-state index contributed by atoms with van der Waals surface area (Å²) in [5, 5.41) is 8.02.